The van der Waals surface area contributed by atoms with Crippen molar-refractivity contribution in [3.05, 3.63) is 0 Å². The SMILES string of the molecule is CCC(CCCl)CNCCOC(F)(F)F. The highest BCUT2D eigenvalue weighted by molar-refractivity contribution is 6.17. The van der Waals surface area contributed by atoms with E-state index in [0.29, 0.717) is 18.3 Å². The van der Waals surface area contributed by atoms with E-state index in [1.807, 2.05) is 6.92 Å². The van der Waals surface area contributed by atoms with E-state index < -0.39 is 6.36 Å². The Morgan fingerprint density at radius 1 is 1.40 bits per heavy atom. The summed E-state index contributed by atoms with van der Waals surface area (Å²) in [6.07, 6.45) is -2.67. The molecule has 92 valence electrons. The van der Waals surface area contributed by atoms with E-state index in [9.17, 15) is 13.2 Å². The molecule has 15 heavy (non-hydrogen) atoms. The zero-order valence-corrected chi connectivity index (χ0v) is 9.50. The smallest absolute Gasteiger partial charge is 0.314 e. The van der Waals surface area contributed by atoms with Crippen LogP contribution in [0.1, 0.15) is 19.8 Å². The second-order valence-electron chi connectivity index (χ2n) is 3.25. The van der Waals surface area contributed by atoms with E-state index in [-0.39, 0.29) is 13.2 Å². The molecule has 0 amide bonds. The molecule has 0 saturated carbocycles. The molecule has 0 aromatic rings. The van der Waals surface area contributed by atoms with Gasteiger partial charge >= 0.3 is 6.36 Å². The van der Waals surface area contributed by atoms with Gasteiger partial charge in [0.1, 0.15) is 0 Å². The van der Waals surface area contributed by atoms with Crippen molar-refractivity contribution in [2.45, 2.75) is 26.1 Å². The van der Waals surface area contributed by atoms with Crippen molar-refractivity contribution in [2.75, 3.05) is 25.6 Å². The third-order valence-corrected chi connectivity index (χ3v) is 2.29. The van der Waals surface area contributed by atoms with Gasteiger partial charge < -0.3 is 5.32 Å². The summed E-state index contributed by atoms with van der Waals surface area (Å²) in [5.41, 5.74) is 0. The van der Waals surface area contributed by atoms with Crippen molar-refractivity contribution in [3.63, 3.8) is 0 Å². The Balaban J connectivity index is 3.36. The van der Waals surface area contributed by atoms with Gasteiger partial charge in [-0.2, -0.15) is 0 Å². The lowest BCUT2D eigenvalue weighted by Gasteiger charge is -2.14. The molecule has 1 unspecified atom stereocenters. The Labute approximate surface area is 93.1 Å². The van der Waals surface area contributed by atoms with Crippen molar-refractivity contribution >= 4 is 11.6 Å². The van der Waals surface area contributed by atoms with Crippen molar-refractivity contribution in [3.8, 4) is 0 Å². The standard InChI is InChI=1S/C9H17ClF3NO/c1-2-8(3-4-10)7-14-5-6-15-9(11,12)13/h8,14H,2-7H2,1H3. The van der Waals surface area contributed by atoms with E-state index in [0.717, 1.165) is 12.8 Å². The van der Waals surface area contributed by atoms with Crippen molar-refractivity contribution in [1.82, 2.24) is 5.32 Å². The van der Waals surface area contributed by atoms with Crippen LogP contribution in [0.2, 0.25) is 0 Å². The molecule has 1 N–H and O–H groups in total. The minimum Gasteiger partial charge on any atom is -0.314 e. The Morgan fingerprint density at radius 3 is 2.53 bits per heavy atom. The maximum atomic E-state index is 11.6. The van der Waals surface area contributed by atoms with Crippen LogP contribution in [-0.2, 0) is 4.74 Å². The lowest BCUT2D eigenvalue weighted by molar-refractivity contribution is -0.323. The molecule has 1 atom stereocenters. The van der Waals surface area contributed by atoms with E-state index in [1.54, 1.807) is 0 Å². The van der Waals surface area contributed by atoms with Gasteiger partial charge in [0.15, 0.2) is 0 Å². The van der Waals surface area contributed by atoms with Gasteiger partial charge in [0, 0.05) is 12.4 Å². The zero-order valence-electron chi connectivity index (χ0n) is 8.74. The average molecular weight is 248 g/mol. The number of rotatable bonds is 8. The van der Waals surface area contributed by atoms with E-state index in [2.05, 4.69) is 10.1 Å². The first-order chi connectivity index (χ1) is 6.99. The first-order valence-corrected chi connectivity index (χ1v) is 5.50. The van der Waals surface area contributed by atoms with Gasteiger partial charge in [-0.15, -0.1) is 24.8 Å². The Bertz CT molecular complexity index is 155. The predicted octanol–water partition coefficient (Wildman–Crippen LogP) is 2.77. The highest BCUT2D eigenvalue weighted by Gasteiger charge is 2.28. The van der Waals surface area contributed by atoms with Gasteiger partial charge in [-0.1, -0.05) is 13.3 Å². The van der Waals surface area contributed by atoms with E-state index >= 15 is 0 Å². The third kappa shape index (κ3) is 10.3. The lowest BCUT2D eigenvalue weighted by Crippen LogP contribution is -2.28. The van der Waals surface area contributed by atoms with Crippen LogP contribution in [-0.4, -0.2) is 31.9 Å². The maximum Gasteiger partial charge on any atom is 0.522 e. The minimum atomic E-state index is -4.53. The summed E-state index contributed by atoms with van der Waals surface area (Å²) in [6, 6.07) is 0. The molecule has 0 bridgehead atoms. The second kappa shape index (κ2) is 8.19. The van der Waals surface area contributed by atoms with Crippen LogP contribution in [0.25, 0.3) is 0 Å². The maximum absolute atomic E-state index is 11.6. The summed E-state index contributed by atoms with van der Waals surface area (Å²) in [6.45, 7) is 2.58. The largest absolute Gasteiger partial charge is 0.522 e. The molecule has 0 saturated heterocycles. The minimum absolute atomic E-state index is 0.207. The summed E-state index contributed by atoms with van der Waals surface area (Å²) in [7, 11) is 0. The number of ether oxygens (including phenoxy) is 1. The van der Waals surface area contributed by atoms with Gasteiger partial charge in [-0.05, 0) is 18.9 Å². The number of hydrogen-bond acceptors (Lipinski definition) is 2. The lowest BCUT2D eigenvalue weighted by atomic mass is 10.0. The van der Waals surface area contributed by atoms with E-state index in [1.165, 1.54) is 0 Å². The topological polar surface area (TPSA) is 21.3 Å². The molecule has 0 aromatic carbocycles. The highest BCUT2D eigenvalue weighted by atomic mass is 35.5. The van der Waals surface area contributed by atoms with Crippen LogP contribution in [0, 0.1) is 5.92 Å². The number of nitrogens with one attached hydrogen (secondary N) is 1. The number of alkyl halides is 4. The molecule has 0 fully saturated rings. The van der Waals surface area contributed by atoms with Crippen LogP contribution in [0.15, 0.2) is 0 Å². The third-order valence-electron chi connectivity index (χ3n) is 2.07. The van der Waals surface area contributed by atoms with Crippen molar-refractivity contribution < 1.29 is 17.9 Å². The van der Waals surface area contributed by atoms with Gasteiger partial charge in [-0.3, -0.25) is 4.74 Å². The first-order valence-electron chi connectivity index (χ1n) is 4.97. The van der Waals surface area contributed by atoms with Gasteiger partial charge in [0.2, 0.25) is 0 Å². The molecule has 2 nitrogen and oxygen atoms in total. The highest BCUT2D eigenvalue weighted by Crippen LogP contribution is 2.15. The summed E-state index contributed by atoms with van der Waals surface area (Å²) < 4.78 is 38.3. The van der Waals surface area contributed by atoms with Crippen LogP contribution in [0.4, 0.5) is 13.2 Å². The van der Waals surface area contributed by atoms with Crippen LogP contribution >= 0.6 is 11.6 Å². The second-order valence-corrected chi connectivity index (χ2v) is 3.63. The first kappa shape index (κ1) is 15.0. The Kier molecular flexibility index (Phi) is 8.19. The summed E-state index contributed by atoms with van der Waals surface area (Å²) >= 11 is 5.57. The molecule has 6 heteroatoms. The fourth-order valence-electron chi connectivity index (χ4n) is 1.15. The summed E-state index contributed by atoms with van der Waals surface area (Å²) in [5.74, 6) is 1.01. The number of halogens is 4. The molecule has 0 aliphatic heterocycles. The predicted molar refractivity (Wildman–Crippen MR) is 54.0 cm³/mol. The average Bonchev–Trinajstić information content (AvgIpc) is 2.14. The molecule has 0 aliphatic carbocycles. The molecule has 0 aliphatic rings. The molecule has 0 spiro atoms. The molecule has 0 radical (unpaired) electrons. The molecular weight excluding hydrogens is 231 g/mol. The van der Waals surface area contributed by atoms with Gasteiger partial charge in [0.05, 0.1) is 6.61 Å². The molecular formula is C9H17ClF3NO. The van der Waals surface area contributed by atoms with Crippen molar-refractivity contribution in [2.24, 2.45) is 5.92 Å². The monoisotopic (exact) mass is 247 g/mol. The summed E-state index contributed by atoms with van der Waals surface area (Å²) in [4.78, 5) is 0. The normalized spacial score (nSPS) is 14.2. The van der Waals surface area contributed by atoms with Crippen molar-refractivity contribution in [1.29, 1.82) is 0 Å². The fraction of sp³-hybridized carbons (Fsp3) is 1.00. The zero-order chi connectivity index (χ0) is 11.7. The quantitative estimate of drug-likeness (QED) is 0.526. The summed E-state index contributed by atoms with van der Waals surface area (Å²) in [5, 5.41) is 2.91. The Hall–Kier alpha value is -0.0000000000000000555. The molecule has 0 heterocycles. The van der Waals surface area contributed by atoms with Crippen LogP contribution < -0.4 is 5.32 Å². The van der Waals surface area contributed by atoms with Crippen LogP contribution in [0.5, 0.6) is 0 Å². The molecule has 0 aromatic heterocycles. The van der Waals surface area contributed by atoms with E-state index in [4.69, 9.17) is 11.6 Å². The van der Waals surface area contributed by atoms with Gasteiger partial charge in [-0.25, -0.2) is 0 Å². The van der Waals surface area contributed by atoms with Gasteiger partial charge in [0.25, 0.3) is 0 Å². The molecule has 0 rings (SSSR count). The fourth-order valence-corrected chi connectivity index (χ4v) is 1.46. The van der Waals surface area contributed by atoms with Crippen LogP contribution in [0.3, 0.4) is 0 Å². The number of hydrogen-bond donors (Lipinski definition) is 1. The Morgan fingerprint density at radius 2 is 2.07 bits per heavy atom.